The first-order valence-corrected chi connectivity index (χ1v) is 12.3. The molecule has 1 amide bonds. The molecule has 1 N–H and O–H groups in total. The fraction of sp³-hybridized carbons (Fsp3) is 0.435. The Labute approximate surface area is 184 Å². The van der Waals surface area contributed by atoms with Gasteiger partial charge in [0, 0.05) is 19.0 Å². The maximum Gasteiger partial charge on any atom is 0.232 e. The molecule has 0 bridgehead atoms. The molecule has 0 aliphatic carbocycles. The number of hydrogen-bond donors (Lipinski definition) is 1. The van der Waals surface area contributed by atoms with Crippen LogP contribution in [-0.4, -0.2) is 33.9 Å². The number of carbonyl (C=O) groups excluding carboxylic acids is 1. The third-order valence-electron chi connectivity index (χ3n) is 5.05. The lowest BCUT2D eigenvalue weighted by Gasteiger charge is -2.23. The summed E-state index contributed by atoms with van der Waals surface area (Å²) in [7, 11) is -3.51. The average molecular weight is 447 g/mol. The van der Waals surface area contributed by atoms with Gasteiger partial charge in [0.2, 0.25) is 22.7 Å². The van der Waals surface area contributed by atoms with Crippen molar-refractivity contribution in [2.45, 2.75) is 39.2 Å². The van der Waals surface area contributed by atoms with Gasteiger partial charge in [0.25, 0.3) is 0 Å². The number of nitrogens with zero attached hydrogens (tertiary/aromatic N) is 1. The van der Waals surface area contributed by atoms with Crippen molar-refractivity contribution in [2.24, 2.45) is 5.92 Å². The van der Waals surface area contributed by atoms with E-state index in [0.717, 1.165) is 18.2 Å². The maximum absolute atomic E-state index is 12.6. The van der Waals surface area contributed by atoms with Gasteiger partial charge in [-0.1, -0.05) is 44.2 Å². The zero-order chi connectivity index (χ0) is 22.4. The standard InChI is InChI=1S/C23H30N2O5S/c1-17(2)14-20(18-8-5-4-6-9-18)24-23(26)10-7-13-25(31(3,27)28)19-11-12-21-22(15-19)30-16-29-21/h4-6,8-9,11-12,15,17,20H,7,10,13-14,16H2,1-3H3,(H,24,26)/t20-/m0/s1. The summed E-state index contributed by atoms with van der Waals surface area (Å²) in [6, 6.07) is 14.9. The minimum atomic E-state index is -3.51. The molecule has 0 saturated heterocycles. The van der Waals surface area contributed by atoms with Crippen LogP contribution >= 0.6 is 0 Å². The van der Waals surface area contributed by atoms with Crippen LogP contribution in [0.15, 0.2) is 48.5 Å². The van der Waals surface area contributed by atoms with E-state index in [2.05, 4.69) is 19.2 Å². The number of ether oxygens (including phenoxy) is 2. The number of rotatable bonds is 10. The molecule has 1 heterocycles. The van der Waals surface area contributed by atoms with Crippen LogP contribution in [0.3, 0.4) is 0 Å². The van der Waals surface area contributed by atoms with Gasteiger partial charge in [0.05, 0.1) is 18.0 Å². The summed E-state index contributed by atoms with van der Waals surface area (Å²) >= 11 is 0. The largest absolute Gasteiger partial charge is 0.454 e. The molecule has 0 fully saturated rings. The molecule has 1 aliphatic rings. The molecule has 1 aliphatic heterocycles. The monoisotopic (exact) mass is 446 g/mol. The highest BCUT2D eigenvalue weighted by atomic mass is 32.2. The van der Waals surface area contributed by atoms with Crippen LogP contribution in [0, 0.1) is 5.92 Å². The summed E-state index contributed by atoms with van der Waals surface area (Å²) in [5.74, 6) is 1.45. The van der Waals surface area contributed by atoms with Crippen LogP contribution < -0.4 is 19.1 Å². The van der Waals surface area contributed by atoms with E-state index in [-0.39, 0.29) is 31.7 Å². The normalized spacial score (nSPS) is 13.8. The second-order valence-electron chi connectivity index (χ2n) is 8.14. The molecular formula is C23H30N2O5S. The van der Waals surface area contributed by atoms with Gasteiger partial charge in [-0.25, -0.2) is 8.42 Å². The van der Waals surface area contributed by atoms with Crippen molar-refractivity contribution in [3.63, 3.8) is 0 Å². The third-order valence-corrected chi connectivity index (χ3v) is 6.25. The van der Waals surface area contributed by atoms with Gasteiger partial charge in [0.1, 0.15) is 0 Å². The van der Waals surface area contributed by atoms with E-state index in [1.54, 1.807) is 18.2 Å². The van der Waals surface area contributed by atoms with E-state index in [0.29, 0.717) is 29.5 Å². The predicted octanol–water partition coefficient (Wildman–Crippen LogP) is 3.87. The molecule has 168 valence electrons. The molecule has 0 spiro atoms. The van der Waals surface area contributed by atoms with Gasteiger partial charge in [-0.3, -0.25) is 9.10 Å². The lowest BCUT2D eigenvalue weighted by molar-refractivity contribution is -0.122. The second-order valence-corrected chi connectivity index (χ2v) is 10.0. The Bertz CT molecular complexity index is 992. The summed E-state index contributed by atoms with van der Waals surface area (Å²) in [6.45, 7) is 4.57. The molecule has 0 aromatic heterocycles. The highest BCUT2D eigenvalue weighted by Gasteiger charge is 2.22. The van der Waals surface area contributed by atoms with Crippen LogP contribution in [0.25, 0.3) is 0 Å². The molecule has 2 aromatic carbocycles. The lowest BCUT2D eigenvalue weighted by atomic mass is 9.97. The molecule has 3 rings (SSSR count). The minimum Gasteiger partial charge on any atom is -0.454 e. The number of carbonyl (C=O) groups is 1. The summed E-state index contributed by atoms with van der Waals surface area (Å²) in [6.07, 6.45) is 2.63. The van der Waals surface area contributed by atoms with Gasteiger partial charge in [-0.15, -0.1) is 0 Å². The number of sulfonamides is 1. The summed E-state index contributed by atoms with van der Waals surface area (Å²) in [5.41, 5.74) is 1.57. The van der Waals surface area contributed by atoms with Gasteiger partial charge >= 0.3 is 0 Å². The van der Waals surface area contributed by atoms with Crippen molar-refractivity contribution in [3.8, 4) is 11.5 Å². The van der Waals surface area contributed by atoms with Crippen LogP contribution in [-0.2, 0) is 14.8 Å². The number of anilines is 1. The zero-order valence-corrected chi connectivity index (χ0v) is 19.0. The van der Waals surface area contributed by atoms with Gasteiger partial charge < -0.3 is 14.8 Å². The zero-order valence-electron chi connectivity index (χ0n) is 18.2. The summed E-state index contributed by atoms with van der Waals surface area (Å²) in [5, 5.41) is 3.11. The number of amides is 1. The Morgan fingerprint density at radius 1 is 1.10 bits per heavy atom. The quantitative estimate of drug-likeness (QED) is 0.599. The number of fused-ring (bicyclic) bond motifs is 1. The topological polar surface area (TPSA) is 84.9 Å². The number of benzene rings is 2. The first-order chi connectivity index (χ1) is 14.7. The summed E-state index contributed by atoms with van der Waals surface area (Å²) in [4.78, 5) is 12.6. The highest BCUT2D eigenvalue weighted by Crippen LogP contribution is 2.36. The molecule has 0 saturated carbocycles. The Kier molecular flexibility index (Phi) is 7.43. The van der Waals surface area contributed by atoms with Crippen LogP contribution in [0.4, 0.5) is 5.69 Å². The van der Waals surface area contributed by atoms with E-state index < -0.39 is 10.0 Å². The Balaban J connectivity index is 1.61. The van der Waals surface area contributed by atoms with Crippen LogP contribution in [0.2, 0.25) is 0 Å². The average Bonchev–Trinajstić information content (AvgIpc) is 3.18. The highest BCUT2D eigenvalue weighted by molar-refractivity contribution is 7.92. The van der Waals surface area contributed by atoms with Crippen LogP contribution in [0.5, 0.6) is 11.5 Å². The molecule has 2 aromatic rings. The van der Waals surface area contributed by atoms with Crippen molar-refractivity contribution in [1.29, 1.82) is 0 Å². The Morgan fingerprint density at radius 2 is 1.81 bits per heavy atom. The number of nitrogens with one attached hydrogen (secondary N) is 1. The summed E-state index contributed by atoms with van der Waals surface area (Å²) < 4.78 is 36.6. The van der Waals surface area contributed by atoms with Crippen molar-refractivity contribution in [2.75, 3.05) is 23.9 Å². The minimum absolute atomic E-state index is 0.0615. The molecule has 0 radical (unpaired) electrons. The Hall–Kier alpha value is -2.74. The third kappa shape index (κ3) is 6.37. The van der Waals surface area contributed by atoms with Crippen molar-refractivity contribution >= 4 is 21.6 Å². The van der Waals surface area contributed by atoms with Gasteiger partial charge in [-0.2, -0.15) is 0 Å². The molecule has 1 atom stereocenters. The van der Waals surface area contributed by atoms with E-state index >= 15 is 0 Å². The smallest absolute Gasteiger partial charge is 0.232 e. The van der Waals surface area contributed by atoms with Crippen LogP contribution in [0.1, 0.15) is 44.7 Å². The van der Waals surface area contributed by atoms with E-state index in [1.165, 1.54) is 4.31 Å². The SMILES string of the molecule is CC(C)C[C@H](NC(=O)CCCN(c1ccc2c(c1)OCO2)S(C)(=O)=O)c1ccccc1. The number of hydrogen-bond acceptors (Lipinski definition) is 5. The maximum atomic E-state index is 12.6. The van der Waals surface area contributed by atoms with Gasteiger partial charge in [0.15, 0.2) is 11.5 Å². The molecule has 0 unspecified atom stereocenters. The van der Waals surface area contributed by atoms with E-state index in [4.69, 9.17) is 9.47 Å². The first kappa shape index (κ1) is 22.9. The predicted molar refractivity (Wildman–Crippen MR) is 121 cm³/mol. The fourth-order valence-corrected chi connectivity index (χ4v) is 4.57. The second kappa shape index (κ2) is 10.0. The van der Waals surface area contributed by atoms with Crippen molar-refractivity contribution in [1.82, 2.24) is 5.32 Å². The van der Waals surface area contributed by atoms with Crippen molar-refractivity contribution in [3.05, 3.63) is 54.1 Å². The lowest BCUT2D eigenvalue weighted by Crippen LogP contribution is -2.33. The molecule has 7 nitrogen and oxygen atoms in total. The van der Waals surface area contributed by atoms with E-state index in [9.17, 15) is 13.2 Å². The fourth-order valence-electron chi connectivity index (χ4n) is 3.61. The van der Waals surface area contributed by atoms with Gasteiger partial charge in [-0.05, 0) is 36.5 Å². The molecular weight excluding hydrogens is 416 g/mol. The van der Waals surface area contributed by atoms with E-state index in [1.807, 2.05) is 30.3 Å². The Morgan fingerprint density at radius 3 is 2.48 bits per heavy atom. The molecule has 8 heteroatoms. The molecule has 31 heavy (non-hydrogen) atoms. The first-order valence-electron chi connectivity index (χ1n) is 10.5. The van der Waals surface area contributed by atoms with Crippen molar-refractivity contribution < 1.29 is 22.7 Å².